The molecule has 5 heteroatoms. The van der Waals surface area contributed by atoms with Gasteiger partial charge in [0.15, 0.2) is 0 Å². The minimum Gasteiger partial charge on any atom is -0.322 e. The molecule has 1 amide bonds. The van der Waals surface area contributed by atoms with E-state index in [1.165, 1.54) is 6.07 Å². The van der Waals surface area contributed by atoms with Crippen LogP contribution in [-0.2, 0) is 0 Å². The summed E-state index contributed by atoms with van der Waals surface area (Å²) < 4.78 is 0. The van der Waals surface area contributed by atoms with Crippen molar-refractivity contribution in [2.75, 3.05) is 11.9 Å². The van der Waals surface area contributed by atoms with Gasteiger partial charge in [0.05, 0.1) is 17.1 Å². The second kappa shape index (κ2) is 7.14. The lowest BCUT2D eigenvalue weighted by Gasteiger charge is -2.07. The molecule has 0 heterocycles. The van der Waals surface area contributed by atoms with Crippen LogP contribution in [0.1, 0.15) is 15.9 Å². The van der Waals surface area contributed by atoms with E-state index >= 15 is 0 Å². The molecule has 21 heavy (non-hydrogen) atoms. The first kappa shape index (κ1) is 15.4. The molecule has 0 saturated heterocycles. The number of hydrogen-bond acceptors (Lipinski definition) is 2. The monoisotopic (exact) mass is 318 g/mol. The summed E-state index contributed by atoms with van der Waals surface area (Å²) in [6, 6.07) is 11.9. The minimum atomic E-state index is -0.294. The molecule has 0 fully saturated rings. The third-order valence-corrected chi connectivity index (χ3v) is 3.20. The first-order valence-electron chi connectivity index (χ1n) is 6.15. The van der Waals surface area contributed by atoms with Gasteiger partial charge in [-0.3, -0.25) is 4.79 Å². The Labute approximate surface area is 133 Å². The first-order chi connectivity index (χ1) is 10.1. The second-order valence-corrected chi connectivity index (χ2v) is 5.01. The van der Waals surface area contributed by atoms with Gasteiger partial charge in [0.1, 0.15) is 0 Å². The Kier molecular flexibility index (Phi) is 5.24. The van der Waals surface area contributed by atoms with Gasteiger partial charge in [-0.2, -0.15) is 0 Å². The van der Waals surface area contributed by atoms with Crippen LogP contribution in [0.2, 0.25) is 10.0 Å². The third-order valence-electron chi connectivity index (χ3n) is 2.65. The summed E-state index contributed by atoms with van der Waals surface area (Å²) in [6.07, 6.45) is 0. The second-order valence-electron chi connectivity index (χ2n) is 4.16. The maximum Gasteiger partial charge on any atom is 0.257 e. The first-order valence-corrected chi connectivity index (χ1v) is 6.91. The van der Waals surface area contributed by atoms with Gasteiger partial charge < -0.3 is 11.1 Å². The standard InChI is InChI=1S/C16H12Cl2N2O/c17-12-5-8-14(15(18)10-12)16(21)20-13-6-3-11(4-7-13)2-1-9-19/h3-8,10H,9,19H2,(H,20,21). The molecular weight excluding hydrogens is 307 g/mol. The average Bonchev–Trinajstić information content (AvgIpc) is 2.46. The van der Waals surface area contributed by atoms with Gasteiger partial charge in [0.2, 0.25) is 0 Å². The highest BCUT2D eigenvalue weighted by Crippen LogP contribution is 2.22. The molecule has 0 radical (unpaired) electrons. The van der Waals surface area contributed by atoms with E-state index in [4.69, 9.17) is 28.9 Å². The molecule has 2 rings (SSSR count). The van der Waals surface area contributed by atoms with Crippen molar-refractivity contribution in [2.24, 2.45) is 5.73 Å². The predicted octanol–water partition coefficient (Wildman–Crippen LogP) is 3.56. The largest absolute Gasteiger partial charge is 0.322 e. The molecule has 3 N–H and O–H groups in total. The zero-order valence-electron chi connectivity index (χ0n) is 11.0. The van der Waals surface area contributed by atoms with Gasteiger partial charge >= 0.3 is 0 Å². The summed E-state index contributed by atoms with van der Waals surface area (Å²) in [7, 11) is 0. The molecule has 3 nitrogen and oxygen atoms in total. The fourth-order valence-corrected chi connectivity index (χ4v) is 2.16. The lowest BCUT2D eigenvalue weighted by atomic mass is 10.2. The van der Waals surface area contributed by atoms with Gasteiger partial charge in [-0.15, -0.1) is 0 Å². The highest BCUT2D eigenvalue weighted by molar-refractivity contribution is 6.37. The van der Waals surface area contributed by atoms with Crippen molar-refractivity contribution in [1.29, 1.82) is 0 Å². The van der Waals surface area contributed by atoms with E-state index in [0.29, 0.717) is 27.8 Å². The van der Waals surface area contributed by atoms with Crippen LogP contribution in [0.5, 0.6) is 0 Å². The van der Waals surface area contributed by atoms with Crippen molar-refractivity contribution in [3.8, 4) is 11.8 Å². The lowest BCUT2D eigenvalue weighted by molar-refractivity contribution is 0.102. The molecule has 0 aliphatic rings. The highest BCUT2D eigenvalue weighted by atomic mass is 35.5. The van der Waals surface area contributed by atoms with Crippen molar-refractivity contribution in [1.82, 2.24) is 0 Å². The number of carbonyl (C=O) groups excluding carboxylic acids is 1. The molecule has 106 valence electrons. The number of anilines is 1. The smallest absolute Gasteiger partial charge is 0.257 e. The Bertz CT molecular complexity index is 715. The topological polar surface area (TPSA) is 55.1 Å². The van der Waals surface area contributed by atoms with Crippen LogP contribution in [0.15, 0.2) is 42.5 Å². The SMILES string of the molecule is NCC#Cc1ccc(NC(=O)c2ccc(Cl)cc2Cl)cc1. The number of benzene rings is 2. The molecule has 2 aromatic rings. The van der Waals surface area contributed by atoms with Crippen molar-refractivity contribution in [2.45, 2.75) is 0 Å². The van der Waals surface area contributed by atoms with Crippen LogP contribution in [0, 0.1) is 11.8 Å². The molecule has 0 aliphatic heterocycles. The van der Waals surface area contributed by atoms with Gasteiger partial charge in [0.25, 0.3) is 5.91 Å². The molecule has 0 bridgehead atoms. The number of amides is 1. The molecule has 2 aromatic carbocycles. The van der Waals surface area contributed by atoms with Crippen molar-refractivity contribution >= 4 is 34.8 Å². The number of nitrogens with one attached hydrogen (secondary N) is 1. The van der Waals surface area contributed by atoms with Gasteiger partial charge in [-0.1, -0.05) is 35.0 Å². The Morgan fingerprint density at radius 3 is 2.48 bits per heavy atom. The zero-order chi connectivity index (χ0) is 15.2. The van der Waals surface area contributed by atoms with E-state index in [1.54, 1.807) is 24.3 Å². The van der Waals surface area contributed by atoms with Crippen molar-refractivity contribution in [3.63, 3.8) is 0 Å². The average molecular weight is 319 g/mol. The normalized spacial score (nSPS) is 9.67. The summed E-state index contributed by atoms with van der Waals surface area (Å²) in [5, 5.41) is 3.56. The van der Waals surface area contributed by atoms with Gasteiger partial charge in [-0.25, -0.2) is 0 Å². The molecule has 0 unspecified atom stereocenters. The molecule has 0 atom stereocenters. The van der Waals surface area contributed by atoms with E-state index in [1.807, 2.05) is 12.1 Å². The van der Waals surface area contributed by atoms with E-state index in [-0.39, 0.29) is 5.91 Å². The van der Waals surface area contributed by atoms with Crippen LogP contribution in [-0.4, -0.2) is 12.5 Å². The van der Waals surface area contributed by atoms with E-state index < -0.39 is 0 Å². The lowest BCUT2D eigenvalue weighted by Crippen LogP contribution is -2.12. The maximum atomic E-state index is 12.1. The summed E-state index contributed by atoms with van der Waals surface area (Å²) in [5.41, 5.74) is 7.17. The highest BCUT2D eigenvalue weighted by Gasteiger charge is 2.10. The number of nitrogens with two attached hydrogens (primary N) is 1. The molecule has 0 aliphatic carbocycles. The number of carbonyl (C=O) groups is 1. The number of rotatable bonds is 2. The Hall–Kier alpha value is -1.99. The van der Waals surface area contributed by atoms with Gasteiger partial charge in [-0.05, 0) is 42.5 Å². The Morgan fingerprint density at radius 2 is 1.86 bits per heavy atom. The third kappa shape index (κ3) is 4.24. The van der Waals surface area contributed by atoms with E-state index in [2.05, 4.69) is 17.2 Å². The maximum absolute atomic E-state index is 12.1. The number of hydrogen-bond donors (Lipinski definition) is 2. The van der Waals surface area contributed by atoms with Crippen molar-refractivity contribution in [3.05, 3.63) is 63.6 Å². The molecule has 0 saturated carbocycles. The van der Waals surface area contributed by atoms with Crippen LogP contribution in [0.3, 0.4) is 0 Å². The summed E-state index contributed by atoms with van der Waals surface area (Å²) >= 11 is 11.8. The predicted molar refractivity (Wildman–Crippen MR) is 86.8 cm³/mol. The zero-order valence-corrected chi connectivity index (χ0v) is 12.5. The molecule has 0 aromatic heterocycles. The molecule has 0 spiro atoms. The summed E-state index contributed by atoms with van der Waals surface area (Å²) in [5.74, 6) is 5.38. The Morgan fingerprint density at radius 1 is 1.14 bits per heavy atom. The Balaban J connectivity index is 2.12. The van der Waals surface area contributed by atoms with Crippen LogP contribution < -0.4 is 11.1 Å². The summed E-state index contributed by atoms with van der Waals surface area (Å²) in [4.78, 5) is 12.1. The quantitative estimate of drug-likeness (QED) is 0.832. The van der Waals surface area contributed by atoms with Crippen LogP contribution in [0.25, 0.3) is 0 Å². The van der Waals surface area contributed by atoms with Crippen LogP contribution >= 0.6 is 23.2 Å². The fraction of sp³-hybridized carbons (Fsp3) is 0.0625. The van der Waals surface area contributed by atoms with Crippen molar-refractivity contribution < 1.29 is 4.79 Å². The molecular formula is C16H12Cl2N2O. The number of halogens is 2. The van der Waals surface area contributed by atoms with E-state index in [9.17, 15) is 4.79 Å². The van der Waals surface area contributed by atoms with E-state index in [0.717, 1.165) is 5.56 Å². The van der Waals surface area contributed by atoms with Gasteiger partial charge in [0, 0.05) is 16.3 Å². The minimum absolute atomic E-state index is 0.294. The van der Waals surface area contributed by atoms with Crippen LogP contribution in [0.4, 0.5) is 5.69 Å². The summed E-state index contributed by atoms with van der Waals surface area (Å²) in [6.45, 7) is 0.313. The fourth-order valence-electron chi connectivity index (χ4n) is 1.66.